The molecule has 1 aromatic rings. The van der Waals surface area contributed by atoms with Crippen molar-refractivity contribution < 1.29 is 23.5 Å². The maximum atomic E-state index is 13.0. The molecule has 1 aromatic carbocycles. The molecule has 1 amide bonds. The monoisotopic (exact) mass is 283 g/mol. The van der Waals surface area contributed by atoms with Gasteiger partial charge in [-0.15, -0.1) is 0 Å². The summed E-state index contributed by atoms with van der Waals surface area (Å²) in [5, 5.41) is 11.2. The topological polar surface area (TPSA) is 66.4 Å². The van der Waals surface area contributed by atoms with Crippen LogP contribution in [0, 0.1) is 5.41 Å². The first-order valence-electron chi connectivity index (χ1n) is 6.34. The summed E-state index contributed by atoms with van der Waals surface area (Å²) in [6.45, 7) is 0. The van der Waals surface area contributed by atoms with Crippen LogP contribution in [0.3, 0.4) is 0 Å². The van der Waals surface area contributed by atoms with Crippen LogP contribution in [0.5, 0.6) is 0 Å². The number of anilines is 1. The second kappa shape index (κ2) is 5.56. The van der Waals surface area contributed by atoms with E-state index < -0.39 is 23.7 Å². The summed E-state index contributed by atoms with van der Waals surface area (Å²) in [7, 11) is 0. The second-order valence-electron chi connectivity index (χ2n) is 5.04. The summed E-state index contributed by atoms with van der Waals surface area (Å²) in [4.78, 5) is 22.6. The van der Waals surface area contributed by atoms with Gasteiger partial charge in [0.05, 0.1) is 6.42 Å². The summed E-state index contributed by atoms with van der Waals surface area (Å²) in [5.74, 6) is -1.68. The van der Waals surface area contributed by atoms with Gasteiger partial charge in [-0.25, -0.2) is 8.78 Å². The third kappa shape index (κ3) is 2.79. The largest absolute Gasteiger partial charge is 0.481 e. The van der Waals surface area contributed by atoms with Crippen LogP contribution < -0.4 is 5.32 Å². The number of hydrogen-bond acceptors (Lipinski definition) is 2. The molecule has 6 heteroatoms. The van der Waals surface area contributed by atoms with Crippen LogP contribution in [-0.4, -0.2) is 23.4 Å². The molecule has 20 heavy (non-hydrogen) atoms. The zero-order valence-corrected chi connectivity index (χ0v) is 10.7. The highest BCUT2D eigenvalue weighted by Gasteiger charge is 2.51. The minimum atomic E-state index is -2.68. The molecule has 0 heterocycles. The Hall–Kier alpha value is -1.98. The van der Waals surface area contributed by atoms with E-state index in [1.54, 1.807) is 18.2 Å². The Balaban J connectivity index is 2.10. The number of alkyl halides is 2. The predicted octanol–water partition coefficient (Wildman–Crippen LogP) is 2.69. The minimum absolute atomic E-state index is 0.177. The first-order valence-corrected chi connectivity index (χ1v) is 6.34. The number of nitrogens with one attached hydrogen (secondary N) is 1. The first kappa shape index (κ1) is 14.4. The number of hydrogen-bond donors (Lipinski definition) is 2. The lowest BCUT2D eigenvalue weighted by Gasteiger charge is -2.39. The molecule has 1 aliphatic rings. The van der Waals surface area contributed by atoms with Crippen LogP contribution in [0.25, 0.3) is 0 Å². The maximum Gasteiger partial charge on any atom is 0.307 e. The zero-order chi connectivity index (χ0) is 14.8. The Morgan fingerprint density at radius 3 is 2.55 bits per heavy atom. The van der Waals surface area contributed by atoms with Gasteiger partial charge in [0.2, 0.25) is 5.91 Å². The fourth-order valence-electron chi connectivity index (χ4n) is 2.29. The van der Waals surface area contributed by atoms with Gasteiger partial charge in [0.1, 0.15) is 5.41 Å². The van der Waals surface area contributed by atoms with Crippen molar-refractivity contribution in [3.8, 4) is 0 Å². The molecule has 1 fully saturated rings. The van der Waals surface area contributed by atoms with Crippen molar-refractivity contribution in [3.63, 3.8) is 0 Å². The molecule has 0 unspecified atom stereocenters. The van der Waals surface area contributed by atoms with Crippen molar-refractivity contribution in [2.75, 3.05) is 5.32 Å². The molecule has 2 N–H and O–H groups in total. The van der Waals surface area contributed by atoms with E-state index in [-0.39, 0.29) is 19.3 Å². The zero-order valence-electron chi connectivity index (χ0n) is 10.7. The molecular weight excluding hydrogens is 268 g/mol. The van der Waals surface area contributed by atoms with Crippen LogP contribution in [0.15, 0.2) is 24.3 Å². The predicted molar refractivity (Wildman–Crippen MR) is 68.7 cm³/mol. The second-order valence-corrected chi connectivity index (χ2v) is 5.04. The third-order valence-electron chi connectivity index (χ3n) is 3.66. The number of rotatable bonds is 5. The van der Waals surface area contributed by atoms with Gasteiger partial charge in [0.25, 0.3) is 6.43 Å². The number of halogens is 2. The normalized spacial score (nSPS) is 16.6. The lowest BCUT2D eigenvalue weighted by molar-refractivity contribution is -0.144. The smallest absolute Gasteiger partial charge is 0.307 e. The van der Waals surface area contributed by atoms with Gasteiger partial charge >= 0.3 is 5.97 Å². The standard InChI is InChI=1S/C14H15F2NO3/c15-12(16)14(5-2-6-14)13(20)17-10-4-1-3-9(7-10)8-11(18)19/h1,3-4,7,12H,2,5-6,8H2,(H,17,20)(H,18,19). The van der Waals surface area contributed by atoms with E-state index in [1.807, 2.05) is 0 Å². The average Bonchev–Trinajstić information content (AvgIpc) is 2.25. The Bertz CT molecular complexity index is 527. The lowest BCUT2D eigenvalue weighted by Crippen LogP contribution is -2.47. The van der Waals surface area contributed by atoms with E-state index in [4.69, 9.17) is 5.11 Å². The molecule has 0 aromatic heterocycles. The van der Waals surface area contributed by atoms with E-state index in [2.05, 4.69) is 5.32 Å². The van der Waals surface area contributed by atoms with Gasteiger partial charge in [-0.1, -0.05) is 18.6 Å². The number of carboxylic acids is 1. The molecule has 0 aliphatic heterocycles. The van der Waals surface area contributed by atoms with E-state index >= 15 is 0 Å². The van der Waals surface area contributed by atoms with E-state index in [1.165, 1.54) is 6.07 Å². The highest BCUT2D eigenvalue weighted by Crippen LogP contribution is 2.46. The maximum absolute atomic E-state index is 13.0. The summed E-state index contributed by atoms with van der Waals surface area (Å²) < 4.78 is 26.0. The van der Waals surface area contributed by atoms with E-state index in [0.29, 0.717) is 17.7 Å². The number of carbonyl (C=O) groups is 2. The van der Waals surface area contributed by atoms with Crippen molar-refractivity contribution in [1.82, 2.24) is 0 Å². The van der Waals surface area contributed by atoms with Gasteiger partial charge in [-0.3, -0.25) is 9.59 Å². The summed E-state index contributed by atoms with van der Waals surface area (Å²) in [6.07, 6.45) is -1.87. The van der Waals surface area contributed by atoms with Crippen molar-refractivity contribution in [2.24, 2.45) is 5.41 Å². The molecule has 0 spiro atoms. The van der Waals surface area contributed by atoms with Crippen LogP contribution >= 0.6 is 0 Å². The summed E-state index contributed by atoms with van der Waals surface area (Å²) >= 11 is 0. The number of carboxylic acid groups (broad SMARTS) is 1. The molecule has 0 radical (unpaired) electrons. The minimum Gasteiger partial charge on any atom is -0.481 e. The molecule has 1 saturated carbocycles. The quantitative estimate of drug-likeness (QED) is 0.873. The Kier molecular flexibility index (Phi) is 4.01. The van der Waals surface area contributed by atoms with Crippen LogP contribution in [0.2, 0.25) is 0 Å². The molecular formula is C14H15F2NO3. The number of carbonyl (C=O) groups excluding carboxylic acids is 1. The Morgan fingerprint density at radius 1 is 1.35 bits per heavy atom. The van der Waals surface area contributed by atoms with Gasteiger partial charge in [-0.05, 0) is 30.5 Å². The Labute approximate surface area is 114 Å². The number of aliphatic carboxylic acids is 1. The highest BCUT2D eigenvalue weighted by atomic mass is 19.3. The molecule has 108 valence electrons. The fourth-order valence-corrected chi connectivity index (χ4v) is 2.29. The number of benzene rings is 1. The van der Waals surface area contributed by atoms with Gasteiger partial charge in [-0.2, -0.15) is 0 Å². The SMILES string of the molecule is O=C(O)Cc1cccc(NC(=O)C2(C(F)F)CCC2)c1. The Morgan fingerprint density at radius 2 is 2.05 bits per heavy atom. The van der Waals surface area contributed by atoms with Gasteiger partial charge in [0.15, 0.2) is 0 Å². The highest BCUT2D eigenvalue weighted by molar-refractivity contribution is 5.96. The van der Waals surface area contributed by atoms with Crippen LogP contribution in [0.4, 0.5) is 14.5 Å². The summed E-state index contributed by atoms with van der Waals surface area (Å²) in [5.41, 5.74) is -0.723. The third-order valence-corrected chi connectivity index (χ3v) is 3.66. The van der Waals surface area contributed by atoms with Crippen LogP contribution in [0.1, 0.15) is 24.8 Å². The first-order chi connectivity index (χ1) is 9.44. The van der Waals surface area contributed by atoms with Crippen molar-refractivity contribution in [1.29, 1.82) is 0 Å². The fraction of sp³-hybridized carbons (Fsp3) is 0.429. The molecule has 0 saturated heterocycles. The van der Waals surface area contributed by atoms with Crippen LogP contribution in [-0.2, 0) is 16.0 Å². The van der Waals surface area contributed by atoms with Crippen molar-refractivity contribution >= 4 is 17.6 Å². The summed E-state index contributed by atoms with van der Waals surface area (Å²) in [6, 6.07) is 6.24. The number of amides is 1. The van der Waals surface area contributed by atoms with E-state index in [9.17, 15) is 18.4 Å². The molecule has 0 bridgehead atoms. The van der Waals surface area contributed by atoms with Gasteiger partial charge < -0.3 is 10.4 Å². The van der Waals surface area contributed by atoms with Crippen molar-refractivity contribution in [2.45, 2.75) is 32.1 Å². The van der Waals surface area contributed by atoms with Crippen molar-refractivity contribution in [3.05, 3.63) is 29.8 Å². The van der Waals surface area contributed by atoms with Gasteiger partial charge in [0, 0.05) is 5.69 Å². The molecule has 0 atom stereocenters. The molecule has 2 rings (SSSR count). The molecule has 1 aliphatic carbocycles. The average molecular weight is 283 g/mol. The van der Waals surface area contributed by atoms with E-state index in [0.717, 1.165) is 0 Å². The molecule has 4 nitrogen and oxygen atoms in total. The lowest BCUT2D eigenvalue weighted by atomic mass is 9.68.